The number of fused-ring (bicyclic) bond motifs is 1. The number of aryl methyl sites for hydroxylation is 1. The second kappa shape index (κ2) is 12.0. The van der Waals surface area contributed by atoms with E-state index in [-0.39, 0.29) is 24.2 Å². The fourth-order valence-electron chi connectivity index (χ4n) is 4.92. The Labute approximate surface area is 237 Å². The van der Waals surface area contributed by atoms with Crippen molar-refractivity contribution in [2.24, 2.45) is 0 Å². The molecule has 5 rings (SSSR count). The monoisotopic (exact) mass is 564 g/mol. The molecule has 1 aliphatic rings. The maximum Gasteiger partial charge on any atom is 0.238 e. The van der Waals surface area contributed by atoms with Gasteiger partial charge in [0.05, 0.1) is 24.4 Å². The van der Waals surface area contributed by atoms with Crippen molar-refractivity contribution in [2.75, 3.05) is 30.3 Å². The van der Waals surface area contributed by atoms with Crippen molar-refractivity contribution in [2.45, 2.75) is 68.4 Å². The highest BCUT2D eigenvalue weighted by atomic mass is 32.2. The van der Waals surface area contributed by atoms with Crippen LogP contribution in [0.5, 0.6) is 0 Å². The highest BCUT2D eigenvalue weighted by molar-refractivity contribution is 7.99. The lowest BCUT2D eigenvalue weighted by Gasteiger charge is -2.30. The number of amides is 1. The predicted octanol–water partition coefficient (Wildman–Crippen LogP) is 4.23. The predicted molar refractivity (Wildman–Crippen MR) is 155 cm³/mol. The van der Waals surface area contributed by atoms with Crippen molar-refractivity contribution in [1.82, 2.24) is 29.7 Å². The highest BCUT2D eigenvalue weighted by Gasteiger charge is 2.36. The number of likely N-dealkylation sites (tertiary alicyclic amines) is 1. The number of benzene rings is 1. The number of nitrogens with one attached hydrogen (secondary N) is 3. The van der Waals surface area contributed by atoms with E-state index in [9.17, 15) is 9.90 Å². The van der Waals surface area contributed by atoms with E-state index in [0.717, 1.165) is 28.9 Å². The van der Waals surface area contributed by atoms with Crippen LogP contribution in [0.15, 0.2) is 58.7 Å². The van der Waals surface area contributed by atoms with Crippen molar-refractivity contribution < 1.29 is 14.6 Å². The summed E-state index contributed by atoms with van der Waals surface area (Å²) >= 11 is 1.42. The number of aliphatic hydroxyl groups excluding tert-OH is 1. The van der Waals surface area contributed by atoms with E-state index in [1.54, 1.807) is 4.52 Å². The smallest absolute Gasteiger partial charge is 0.238 e. The number of aliphatic hydroxyl groups is 1. The van der Waals surface area contributed by atoms with E-state index in [2.05, 4.69) is 32.9 Å². The molecule has 2 atom stereocenters. The molecule has 1 amide bonds. The largest absolute Gasteiger partial charge is 0.389 e. The van der Waals surface area contributed by atoms with Crippen LogP contribution in [0.2, 0.25) is 0 Å². The van der Waals surface area contributed by atoms with E-state index in [0.29, 0.717) is 35.6 Å². The number of carbonyl (C=O) groups is 1. The van der Waals surface area contributed by atoms with Gasteiger partial charge in [-0.3, -0.25) is 14.8 Å². The van der Waals surface area contributed by atoms with Gasteiger partial charge in [-0.25, -0.2) is 9.50 Å². The number of hydrogen-bond acceptors (Lipinski definition) is 9. The van der Waals surface area contributed by atoms with Crippen LogP contribution in [0.3, 0.4) is 0 Å². The van der Waals surface area contributed by atoms with Crippen LogP contribution in [0.1, 0.15) is 39.3 Å². The molecular formula is C28H36N8O3S. The number of nitrogens with zero attached hydrogens (tertiary/aromatic N) is 5. The zero-order valence-corrected chi connectivity index (χ0v) is 24.0. The molecule has 11 nitrogen and oxygen atoms in total. The third-order valence-corrected chi connectivity index (χ3v) is 7.54. The van der Waals surface area contributed by atoms with Gasteiger partial charge in [0.15, 0.2) is 11.6 Å². The normalized spacial score (nSPS) is 17.9. The van der Waals surface area contributed by atoms with Gasteiger partial charge < -0.3 is 20.5 Å². The molecule has 1 fully saturated rings. The summed E-state index contributed by atoms with van der Waals surface area (Å²) in [6.07, 6.45) is 2.91. The molecule has 40 heavy (non-hydrogen) atoms. The van der Waals surface area contributed by atoms with Crippen molar-refractivity contribution in [3.63, 3.8) is 0 Å². The van der Waals surface area contributed by atoms with Crippen molar-refractivity contribution >= 4 is 40.5 Å². The first kappa shape index (κ1) is 28.1. The average Bonchev–Trinajstić information content (AvgIpc) is 3.60. The zero-order valence-electron chi connectivity index (χ0n) is 23.2. The Morgan fingerprint density at radius 1 is 1.25 bits per heavy atom. The maximum absolute atomic E-state index is 12.7. The van der Waals surface area contributed by atoms with Gasteiger partial charge in [-0.1, -0.05) is 13.3 Å². The summed E-state index contributed by atoms with van der Waals surface area (Å²) in [4.78, 5) is 20.3. The molecule has 0 bridgehead atoms. The number of β-amino-alcohol motifs (C(OH)–C–C–N with tert-alkyl or cyclic N) is 1. The summed E-state index contributed by atoms with van der Waals surface area (Å²) in [7, 11) is 0. The molecular weight excluding hydrogens is 528 g/mol. The van der Waals surface area contributed by atoms with Gasteiger partial charge in [-0.15, -0.1) is 5.10 Å². The first-order chi connectivity index (χ1) is 19.2. The molecule has 0 spiro atoms. The molecule has 12 heteroatoms. The molecule has 0 unspecified atom stereocenters. The molecule has 3 aromatic heterocycles. The molecule has 4 N–H and O–H groups in total. The quantitative estimate of drug-likeness (QED) is 0.211. The lowest BCUT2D eigenvalue weighted by molar-refractivity contribution is -0.117. The van der Waals surface area contributed by atoms with E-state index in [1.807, 2.05) is 74.3 Å². The maximum atomic E-state index is 12.7. The Morgan fingerprint density at radius 3 is 2.77 bits per heavy atom. The summed E-state index contributed by atoms with van der Waals surface area (Å²) in [6, 6.07) is 13.3. The van der Waals surface area contributed by atoms with Gasteiger partial charge in [0, 0.05) is 41.6 Å². The summed E-state index contributed by atoms with van der Waals surface area (Å²) in [5, 5.41) is 29.0. The van der Waals surface area contributed by atoms with Crippen LogP contribution in [-0.2, 0) is 9.53 Å². The molecule has 0 radical (unpaired) electrons. The van der Waals surface area contributed by atoms with Gasteiger partial charge in [0.2, 0.25) is 11.1 Å². The number of rotatable bonds is 11. The molecule has 1 saturated heterocycles. The third kappa shape index (κ3) is 7.00. The van der Waals surface area contributed by atoms with Crippen LogP contribution in [0.4, 0.5) is 17.3 Å². The number of ether oxygens (including phenoxy) is 1. The van der Waals surface area contributed by atoms with E-state index in [1.165, 1.54) is 11.8 Å². The number of hydrogen-bond donors (Lipinski definition) is 4. The second-order valence-corrected chi connectivity index (χ2v) is 11.8. The minimum atomic E-state index is -0.604. The van der Waals surface area contributed by atoms with Crippen molar-refractivity contribution in [3.8, 4) is 0 Å². The molecule has 212 valence electrons. The van der Waals surface area contributed by atoms with E-state index < -0.39 is 6.10 Å². The summed E-state index contributed by atoms with van der Waals surface area (Å²) in [5.74, 6) is 1.21. The summed E-state index contributed by atoms with van der Waals surface area (Å²) in [5.41, 5.74) is 2.20. The molecule has 0 saturated carbocycles. The number of aromatic amines is 1. The lowest BCUT2D eigenvalue weighted by atomic mass is 10.0. The standard InChI is InChI=1S/C28H36N8O3S/c1-5-12-28(3,4)39-23-16-35(15-22(23)37)17-25(38)29-19-8-10-20(11-9-19)40-27-31-26(21-7-6-13-36(21)34-27)30-24-14-18(2)32-33-24/h6-11,13-14,22-23,37H,5,12,15-17H2,1-4H3,(H,29,38)(H2,30,31,32,33,34)/t22-,23-/m0/s1. The zero-order chi connectivity index (χ0) is 28.3. The Bertz CT molecular complexity index is 1450. The van der Waals surface area contributed by atoms with Crippen molar-refractivity contribution in [1.29, 1.82) is 0 Å². The number of H-pyrrole nitrogens is 1. The first-order valence-electron chi connectivity index (χ1n) is 13.5. The lowest BCUT2D eigenvalue weighted by Crippen LogP contribution is -2.37. The fourth-order valence-corrected chi connectivity index (χ4v) is 5.67. The Morgan fingerprint density at radius 2 is 2.05 bits per heavy atom. The number of anilines is 3. The van der Waals surface area contributed by atoms with Crippen LogP contribution in [-0.4, -0.2) is 78.2 Å². The summed E-state index contributed by atoms with van der Waals surface area (Å²) in [6.45, 7) is 9.28. The van der Waals surface area contributed by atoms with Crippen molar-refractivity contribution in [3.05, 3.63) is 54.4 Å². The second-order valence-electron chi connectivity index (χ2n) is 10.7. The van der Waals surface area contributed by atoms with Crippen LogP contribution >= 0.6 is 11.8 Å². The van der Waals surface area contributed by atoms with Gasteiger partial charge in [0.25, 0.3) is 0 Å². The first-order valence-corrected chi connectivity index (χ1v) is 14.3. The third-order valence-electron chi connectivity index (χ3n) is 6.67. The van der Waals surface area contributed by atoms with Crippen LogP contribution in [0, 0.1) is 6.92 Å². The van der Waals surface area contributed by atoms with Gasteiger partial charge >= 0.3 is 0 Å². The number of carbonyl (C=O) groups excluding carboxylic acids is 1. The Balaban J connectivity index is 1.17. The average molecular weight is 565 g/mol. The van der Waals surface area contributed by atoms with Gasteiger partial charge in [0.1, 0.15) is 5.52 Å². The fraction of sp³-hybridized carbons (Fsp3) is 0.429. The topological polar surface area (TPSA) is 133 Å². The van der Waals surface area contributed by atoms with Crippen LogP contribution < -0.4 is 10.6 Å². The molecule has 0 aliphatic carbocycles. The van der Waals surface area contributed by atoms with E-state index in [4.69, 9.17) is 9.72 Å². The molecule has 4 aromatic rings. The minimum absolute atomic E-state index is 0.133. The van der Waals surface area contributed by atoms with E-state index >= 15 is 0 Å². The molecule has 1 aliphatic heterocycles. The SMILES string of the molecule is CCCC(C)(C)O[C@H]1CN(CC(=O)Nc2ccc(Sc3nc(Nc4cc(C)[nH]n4)c4cccn4n3)cc2)C[C@@H]1O. The summed E-state index contributed by atoms with van der Waals surface area (Å²) < 4.78 is 7.93. The molecule has 4 heterocycles. The highest BCUT2D eigenvalue weighted by Crippen LogP contribution is 2.29. The van der Waals surface area contributed by atoms with Gasteiger partial charge in [-0.05, 0) is 75.4 Å². The Hall–Kier alpha value is -3.45. The number of aromatic nitrogens is 5. The minimum Gasteiger partial charge on any atom is -0.389 e. The van der Waals surface area contributed by atoms with Gasteiger partial charge in [-0.2, -0.15) is 5.10 Å². The van der Waals surface area contributed by atoms with Crippen LogP contribution in [0.25, 0.3) is 5.52 Å². The Kier molecular flexibility index (Phi) is 8.40. The molecule has 1 aromatic carbocycles.